The number of aromatic nitrogens is 1. The zero-order chi connectivity index (χ0) is 25.1. The number of alkyl halides is 5. The molecule has 0 unspecified atom stereocenters. The molecule has 0 saturated carbocycles. The van der Waals surface area contributed by atoms with Crippen molar-refractivity contribution in [3.8, 4) is 0 Å². The summed E-state index contributed by atoms with van der Waals surface area (Å²) >= 11 is 0. The van der Waals surface area contributed by atoms with E-state index in [0.717, 1.165) is 34.3 Å². The molecular formula is C23H26F5NO2S2. The Kier molecular flexibility index (Phi) is 8.84. The van der Waals surface area contributed by atoms with Crippen molar-refractivity contribution in [3.05, 3.63) is 52.3 Å². The number of ether oxygens (including phenoxy) is 1. The summed E-state index contributed by atoms with van der Waals surface area (Å²) in [6.07, 6.45) is -8.38. The normalized spacial score (nSPS) is 12.5. The van der Waals surface area contributed by atoms with Gasteiger partial charge in [0.2, 0.25) is 0 Å². The highest BCUT2D eigenvalue weighted by atomic mass is 33.1. The largest absolute Gasteiger partial charge is 0.465 e. The average molecular weight is 508 g/mol. The van der Waals surface area contributed by atoms with Crippen LogP contribution < -0.4 is 0 Å². The number of benzene rings is 1. The molecule has 1 aromatic carbocycles. The SMILES string of the molecule is COC(=O)c1c(C(F)F)nc(C(F)(F)F)c(SSc2ccc(C(C)(C)C)cc2)c1CC(C)C. The smallest absolute Gasteiger partial charge is 0.434 e. The van der Waals surface area contributed by atoms with E-state index in [1.165, 1.54) is 0 Å². The molecular weight excluding hydrogens is 481 g/mol. The van der Waals surface area contributed by atoms with Crippen molar-refractivity contribution in [2.45, 2.75) is 68.8 Å². The summed E-state index contributed by atoms with van der Waals surface area (Å²) in [4.78, 5) is 15.9. The van der Waals surface area contributed by atoms with E-state index in [1.807, 2.05) is 32.9 Å². The number of methoxy groups -OCH3 is 1. The third-order valence-electron chi connectivity index (χ3n) is 4.70. The second-order valence-electron chi connectivity index (χ2n) is 8.86. The van der Waals surface area contributed by atoms with Gasteiger partial charge in [0.05, 0.1) is 17.6 Å². The fraction of sp³-hybridized carbons (Fsp3) is 0.478. The summed E-state index contributed by atoms with van der Waals surface area (Å²) < 4.78 is 73.6. The van der Waals surface area contributed by atoms with E-state index in [1.54, 1.807) is 26.0 Å². The minimum absolute atomic E-state index is 0.0262. The molecule has 2 rings (SSSR count). The summed E-state index contributed by atoms with van der Waals surface area (Å²) in [7, 11) is 2.79. The molecule has 0 spiro atoms. The van der Waals surface area contributed by atoms with Gasteiger partial charge in [-0.2, -0.15) is 13.2 Å². The number of pyridine rings is 1. The van der Waals surface area contributed by atoms with Gasteiger partial charge in [0, 0.05) is 4.90 Å². The van der Waals surface area contributed by atoms with Gasteiger partial charge in [-0.3, -0.25) is 0 Å². The molecule has 33 heavy (non-hydrogen) atoms. The Bertz CT molecular complexity index is 984. The quantitative estimate of drug-likeness (QED) is 0.215. The Balaban J connectivity index is 2.65. The van der Waals surface area contributed by atoms with Gasteiger partial charge in [0.15, 0.2) is 5.69 Å². The summed E-state index contributed by atoms with van der Waals surface area (Å²) in [5, 5.41) is 0. The Hall–Kier alpha value is -1.81. The van der Waals surface area contributed by atoms with E-state index in [2.05, 4.69) is 9.72 Å². The van der Waals surface area contributed by atoms with Gasteiger partial charge in [-0.1, -0.05) is 57.5 Å². The van der Waals surface area contributed by atoms with Crippen molar-refractivity contribution in [2.75, 3.05) is 7.11 Å². The molecule has 0 radical (unpaired) electrons. The lowest BCUT2D eigenvalue weighted by Gasteiger charge is -2.22. The van der Waals surface area contributed by atoms with Crippen LogP contribution in [0.2, 0.25) is 0 Å². The van der Waals surface area contributed by atoms with Crippen LogP contribution >= 0.6 is 21.6 Å². The van der Waals surface area contributed by atoms with Crippen LogP contribution in [0, 0.1) is 5.92 Å². The van der Waals surface area contributed by atoms with E-state index in [4.69, 9.17) is 0 Å². The molecule has 0 saturated heterocycles. The Labute approximate surface area is 198 Å². The maximum absolute atomic E-state index is 13.9. The number of halogens is 5. The zero-order valence-electron chi connectivity index (χ0n) is 19.1. The molecule has 0 atom stereocenters. The number of rotatable bonds is 7. The van der Waals surface area contributed by atoms with Gasteiger partial charge < -0.3 is 4.74 Å². The highest BCUT2D eigenvalue weighted by Crippen LogP contribution is 2.47. The van der Waals surface area contributed by atoms with Gasteiger partial charge in [0.25, 0.3) is 6.43 Å². The second kappa shape index (κ2) is 10.6. The van der Waals surface area contributed by atoms with Crippen molar-refractivity contribution < 1.29 is 31.5 Å². The predicted octanol–water partition coefficient (Wildman–Crippen LogP) is 8.12. The molecule has 0 amide bonds. The van der Waals surface area contributed by atoms with Crippen LogP contribution in [0.1, 0.15) is 73.9 Å². The van der Waals surface area contributed by atoms with Crippen LogP contribution in [-0.2, 0) is 22.7 Å². The average Bonchev–Trinajstić information content (AvgIpc) is 2.69. The number of hydrogen-bond acceptors (Lipinski definition) is 5. The first-order valence-corrected chi connectivity index (χ1v) is 12.3. The van der Waals surface area contributed by atoms with Crippen molar-refractivity contribution in [1.82, 2.24) is 4.98 Å². The van der Waals surface area contributed by atoms with Crippen LogP contribution in [0.15, 0.2) is 34.1 Å². The van der Waals surface area contributed by atoms with E-state index < -0.39 is 35.5 Å². The van der Waals surface area contributed by atoms with E-state index in [9.17, 15) is 26.7 Å². The monoisotopic (exact) mass is 507 g/mol. The van der Waals surface area contributed by atoms with Gasteiger partial charge in [-0.25, -0.2) is 18.6 Å². The number of esters is 1. The Morgan fingerprint density at radius 3 is 2.06 bits per heavy atom. The molecule has 2 aromatic rings. The van der Waals surface area contributed by atoms with E-state index in [-0.39, 0.29) is 28.2 Å². The molecule has 0 N–H and O–H groups in total. The number of hydrogen-bond donors (Lipinski definition) is 0. The van der Waals surface area contributed by atoms with Gasteiger partial charge in [0.1, 0.15) is 5.69 Å². The summed E-state index contributed by atoms with van der Waals surface area (Å²) in [6.45, 7) is 9.58. The predicted molar refractivity (Wildman–Crippen MR) is 121 cm³/mol. The van der Waals surface area contributed by atoms with Crippen LogP contribution in [-0.4, -0.2) is 18.1 Å². The molecule has 0 aliphatic rings. The van der Waals surface area contributed by atoms with E-state index in [0.29, 0.717) is 4.90 Å². The molecule has 3 nitrogen and oxygen atoms in total. The van der Waals surface area contributed by atoms with Crippen LogP contribution in [0.3, 0.4) is 0 Å². The molecule has 1 aromatic heterocycles. The molecule has 0 aliphatic carbocycles. The summed E-state index contributed by atoms with van der Waals surface area (Å²) in [6, 6.07) is 7.35. The van der Waals surface area contributed by atoms with Crippen molar-refractivity contribution in [3.63, 3.8) is 0 Å². The van der Waals surface area contributed by atoms with Crippen LogP contribution in [0.4, 0.5) is 22.0 Å². The molecule has 10 heteroatoms. The Morgan fingerprint density at radius 1 is 1.06 bits per heavy atom. The molecule has 0 fully saturated rings. The maximum atomic E-state index is 13.9. The molecule has 0 aliphatic heterocycles. The third kappa shape index (κ3) is 6.85. The van der Waals surface area contributed by atoms with E-state index >= 15 is 0 Å². The third-order valence-corrected chi connectivity index (χ3v) is 7.18. The number of carbonyl (C=O) groups is 1. The lowest BCUT2D eigenvalue weighted by atomic mass is 9.87. The molecule has 1 heterocycles. The van der Waals surface area contributed by atoms with Crippen molar-refractivity contribution >= 4 is 27.6 Å². The zero-order valence-corrected chi connectivity index (χ0v) is 20.8. The lowest BCUT2D eigenvalue weighted by molar-refractivity contribution is -0.143. The molecule has 0 bridgehead atoms. The molecule has 182 valence electrons. The topological polar surface area (TPSA) is 39.2 Å². The minimum atomic E-state index is -4.98. The number of carbonyl (C=O) groups excluding carboxylic acids is 1. The summed E-state index contributed by atoms with van der Waals surface area (Å²) in [5.41, 5.74) is -2.39. The lowest BCUT2D eigenvalue weighted by Crippen LogP contribution is -2.20. The Morgan fingerprint density at radius 2 is 1.64 bits per heavy atom. The van der Waals surface area contributed by atoms with Crippen LogP contribution in [0.5, 0.6) is 0 Å². The van der Waals surface area contributed by atoms with Crippen LogP contribution in [0.25, 0.3) is 0 Å². The maximum Gasteiger partial charge on any atom is 0.434 e. The highest BCUT2D eigenvalue weighted by molar-refractivity contribution is 8.76. The van der Waals surface area contributed by atoms with Gasteiger partial charge in [-0.15, -0.1) is 0 Å². The first-order valence-electron chi connectivity index (χ1n) is 10.1. The van der Waals surface area contributed by atoms with Crippen molar-refractivity contribution in [2.24, 2.45) is 5.92 Å². The van der Waals surface area contributed by atoms with Gasteiger partial charge in [-0.05, 0) is 51.8 Å². The minimum Gasteiger partial charge on any atom is -0.465 e. The fourth-order valence-corrected chi connectivity index (χ4v) is 5.47. The summed E-state index contributed by atoms with van der Waals surface area (Å²) in [5.74, 6) is -1.35. The standard InChI is InChI=1S/C23H26F5NO2S2/c1-12(2)11-15-16(21(30)31-6)17(20(24)25)29-19(23(26,27)28)18(15)33-32-14-9-7-13(8-10-14)22(3,4)5/h7-10,12,20H,11H2,1-6H3. The first kappa shape index (κ1) is 27.4. The fourth-order valence-electron chi connectivity index (χ4n) is 3.11. The highest BCUT2D eigenvalue weighted by Gasteiger charge is 2.41. The number of nitrogens with zero attached hydrogens (tertiary/aromatic N) is 1. The van der Waals surface area contributed by atoms with Gasteiger partial charge >= 0.3 is 12.1 Å². The van der Waals surface area contributed by atoms with Crippen molar-refractivity contribution in [1.29, 1.82) is 0 Å². The first-order chi connectivity index (χ1) is 15.2. The second-order valence-corrected chi connectivity index (χ2v) is 11.1.